The predicted octanol–water partition coefficient (Wildman–Crippen LogP) is 5.92. The molecule has 0 heterocycles. The standard InChI is InChI=1S/C24H23Cl2FN2O3S2/c1-16(17-6-10-19(33-2)11-7-17)28-24(30)15-29(14-21-22(26)4-3-5-23(21)27)34(31,32)20-12-8-18(25)9-13-20/h3-13,16H,14-15H2,1-2H3,(H,28,30)/t16-/m1/s1. The third kappa shape index (κ3) is 6.52. The van der Waals surface area contributed by atoms with Gasteiger partial charge in [0, 0.05) is 27.0 Å². The van der Waals surface area contributed by atoms with Crippen LogP contribution in [-0.2, 0) is 21.4 Å². The van der Waals surface area contributed by atoms with Gasteiger partial charge in [-0.15, -0.1) is 11.8 Å². The Morgan fingerprint density at radius 2 is 1.71 bits per heavy atom. The SMILES string of the molecule is CSc1ccc([C@@H](C)NC(=O)CN(Cc2c(F)cccc2Cl)S(=O)(=O)c2ccc(Cl)cc2)cc1. The van der Waals surface area contributed by atoms with Crippen LogP contribution >= 0.6 is 35.0 Å². The van der Waals surface area contributed by atoms with Crippen LogP contribution in [0, 0.1) is 5.82 Å². The van der Waals surface area contributed by atoms with Crippen molar-refractivity contribution in [3.63, 3.8) is 0 Å². The maximum Gasteiger partial charge on any atom is 0.243 e. The van der Waals surface area contributed by atoms with Crippen LogP contribution in [0.25, 0.3) is 0 Å². The van der Waals surface area contributed by atoms with E-state index in [4.69, 9.17) is 23.2 Å². The molecule has 1 amide bonds. The molecule has 1 atom stereocenters. The summed E-state index contributed by atoms with van der Waals surface area (Å²) in [4.78, 5) is 13.9. The minimum Gasteiger partial charge on any atom is -0.348 e. The van der Waals surface area contributed by atoms with Gasteiger partial charge in [0.2, 0.25) is 15.9 Å². The molecule has 5 nitrogen and oxygen atoms in total. The maximum absolute atomic E-state index is 14.5. The Bertz CT molecular complexity index is 1230. The van der Waals surface area contributed by atoms with Crippen molar-refractivity contribution in [1.82, 2.24) is 9.62 Å². The molecule has 0 saturated carbocycles. The van der Waals surface area contributed by atoms with Gasteiger partial charge in [-0.1, -0.05) is 41.4 Å². The van der Waals surface area contributed by atoms with E-state index in [0.29, 0.717) is 5.02 Å². The van der Waals surface area contributed by atoms with E-state index in [2.05, 4.69) is 5.32 Å². The van der Waals surface area contributed by atoms with Crippen molar-refractivity contribution in [2.75, 3.05) is 12.8 Å². The lowest BCUT2D eigenvalue weighted by Crippen LogP contribution is -2.41. The number of sulfonamides is 1. The number of thioether (sulfide) groups is 1. The summed E-state index contributed by atoms with van der Waals surface area (Å²) < 4.78 is 42.1. The molecule has 180 valence electrons. The summed E-state index contributed by atoms with van der Waals surface area (Å²) in [6.45, 7) is 0.862. The molecule has 0 radical (unpaired) electrons. The number of rotatable bonds is 9. The zero-order chi connectivity index (χ0) is 24.9. The molecule has 0 saturated heterocycles. The number of nitrogens with one attached hydrogen (secondary N) is 1. The first-order valence-corrected chi connectivity index (χ1v) is 13.7. The molecule has 0 bridgehead atoms. The Balaban J connectivity index is 1.86. The molecule has 3 rings (SSSR count). The molecule has 0 spiro atoms. The van der Waals surface area contributed by atoms with Gasteiger partial charge in [0.15, 0.2) is 0 Å². The van der Waals surface area contributed by atoms with E-state index in [0.717, 1.165) is 14.8 Å². The number of benzene rings is 3. The monoisotopic (exact) mass is 540 g/mol. The fourth-order valence-electron chi connectivity index (χ4n) is 3.26. The van der Waals surface area contributed by atoms with Gasteiger partial charge in [0.05, 0.1) is 17.5 Å². The summed E-state index contributed by atoms with van der Waals surface area (Å²) >= 11 is 13.6. The smallest absolute Gasteiger partial charge is 0.243 e. The number of amides is 1. The number of carbonyl (C=O) groups excluding carboxylic acids is 1. The summed E-state index contributed by atoms with van der Waals surface area (Å²) in [5.74, 6) is -1.20. The first-order chi connectivity index (χ1) is 16.1. The Kier molecular flexibility index (Phi) is 9.01. The van der Waals surface area contributed by atoms with Gasteiger partial charge in [-0.25, -0.2) is 12.8 Å². The summed E-state index contributed by atoms with van der Waals surface area (Å²) in [5.41, 5.74) is 0.852. The summed E-state index contributed by atoms with van der Waals surface area (Å²) in [6, 6.07) is 16.9. The van der Waals surface area contributed by atoms with Crippen molar-refractivity contribution < 1.29 is 17.6 Å². The average Bonchev–Trinajstić information content (AvgIpc) is 2.81. The molecular weight excluding hydrogens is 518 g/mol. The van der Waals surface area contributed by atoms with Crippen LogP contribution in [0.2, 0.25) is 10.0 Å². The van der Waals surface area contributed by atoms with Crippen molar-refractivity contribution in [1.29, 1.82) is 0 Å². The molecular formula is C24H23Cl2FN2O3S2. The van der Waals surface area contributed by atoms with E-state index in [1.165, 1.54) is 42.5 Å². The Hall–Kier alpha value is -2.10. The van der Waals surface area contributed by atoms with Gasteiger partial charge >= 0.3 is 0 Å². The van der Waals surface area contributed by atoms with Crippen LogP contribution in [0.3, 0.4) is 0 Å². The third-order valence-corrected chi connectivity index (χ3v) is 8.32. The van der Waals surface area contributed by atoms with E-state index in [1.807, 2.05) is 30.5 Å². The quantitative estimate of drug-likeness (QED) is 0.342. The lowest BCUT2D eigenvalue weighted by Gasteiger charge is -2.24. The number of nitrogens with zero attached hydrogens (tertiary/aromatic N) is 1. The molecule has 0 aliphatic carbocycles. The van der Waals surface area contributed by atoms with E-state index in [9.17, 15) is 17.6 Å². The minimum absolute atomic E-state index is 0.0183. The van der Waals surface area contributed by atoms with Gasteiger partial charge in [-0.3, -0.25) is 4.79 Å². The molecule has 0 aromatic heterocycles. The zero-order valence-corrected chi connectivity index (χ0v) is 21.6. The van der Waals surface area contributed by atoms with E-state index >= 15 is 0 Å². The fraction of sp³-hybridized carbons (Fsp3) is 0.208. The maximum atomic E-state index is 14.5. The van der Waals surface area contributed by atoms with Crippen molar-refractivity contribution in [2.24, 2.45) is 0 Å². The lowest BCUT2D eigenvalue weighted by molar-refractivity contribution is -0.122. The van der Waals surface area contributed by atoms with Gasteiger partial charge < -0.3 is 5.32 Å². The van der Waals surface area contributed by atoms with Crippen LogP contribution < -0.4 is 5.32 Å². The highest BCUT2D eigenvalue weighted by atomic mass is 35.5. The highest BCUT2D eigenvalue weighted by Gasteiger charge is 2.29. The Morgan fingerprint density at radius 1 is 1.06 bits per heavy atom. The predicted molar refractivity (Wildman–Crippen MR) is 135 cm³/mol. The molecule has 0 unspecified atom stereocenters. The first kappa shape index (κ1) is 26.5. The lowest BCUT2D eigenvalue weighted by atomic mass is 10.1. The van der Waals surface area contributed by atoms with E-state index < -0.39 is 34.8 Å². The molecule has 34 heavy (non-hydrogen) atoms. The largest absolute Gasteiger partial charge is 0.348 e. The van der Waals surface area contributed by atoms with Crippen molar-refractivity contribution >= 4 is 50.9 Å². The van der Waals surface area contributed by atoms with E-state index in [1.54, 1.807) is 18.7 Å². The second-order valence-electron chi connectivity index (χ2n) is 7.49. The zero-order valence-electron chi connectivity index (χ0n) is 18.5. The molecule has 0 aliphatic rings. The minimum atomic E-state index is -4.17. The van der Waals surface area contributed by atoms with Crippen LogP contribution in [0.4, 0.5) is 4.39 Å². The topological polar surface area (TPSA) is 66.5 Å². The third-order valence-electron chi connectivity index (χ3n) is 5.16. The normalized spacial score (nSPS) is 12.5. The summed E-state index contributed by atoms with van der Waals surface area (Å²) in [7, 11) is -4.17. The second-order valence-corrected chi connectivity index (χ2v) is 11.2. The van der Waals surface area contributed by atoms with Crippen LogP contribution in [-0.4, -0.2) is 31.4 Å². The van der Waals surface area contributed by atoms with Crippen molar-refractivity contribution in [3.8, 4) is 0 Å². The molecule has 1 N–H and O–H groups in total. The van der Waals surface area contributed by atoms with Gasteiger partial charge in [0.1, 0.15) is 5.82 Å². The fourth-order valence-corrected chi connectivity index (χ4v) is 5.39. The number of hydrogen-bond donors (Lipinski definition) is 1. The molecule has 0 aliphatic heterocycles. The first-order valence-electron chi connectivity index (χ1n) is 10.2. The van der Waals surface area contributed by atoms with Crippen LogP contribution in [0.1, 0.15) is 24.1 Å². The van der Waals surface area contributed by atoms with Crippen molar-refractivity contribution in [2.45, 2.75) is 29.3 Å². The molecule has 3 aromatic carbocycles. The highest BCUT2D eigenvalue weighted by Crippen LogP contribution is 2.26. The van der Waals surface area contributed by atoms with Gasteiger partial charge in [-0.2, -0.15) is 4.31 Å². The molecule has 3 aromatic rings. The number of hydrogen-bond acceptors (Lipinski definition) is 4. The Morgan fingerprint density at radius 3 is 2.29 bits per heavy atom. The molecule has 10 heteroatoms. The number of halogens is 3. The summed E-state index contributed by atoms with van der Waals surface area (Å²) in [5, 5.41) is 3.24. The van der Waals surface area contributed by atoms with Crippen LogP contribution in [0.15, 0.2) is 76.5 Å². The Labute approximate surface area is 213 Å². The molecule has 0 fully saturated rings. The second kappa shape index (κ2) is 11.6. The number of carbonyl (C=O) groups is 1. The van der Waals surface area contributed by atoms with Gasteiger partial charge in [-0.05, 0) is 67.3 Å². The van der Waals surface area contributed by atoms with E-state index in [-0.39, 0.29) is 21.5 Å². The summed E-state index contributed by atoms with van der Waals surface area (Å²) in [6.07, 6.45) is 1.97. The van der Waals surface area contributed by atoms with Gasteiger partial charge in [0.25, 0.3) is 0 Å². The average molecular weight is 541 g/mol. The highest BCUT2D eigenvalue weighted by molar-refractivity contribution is 7.98. The van der Waals surface area contributed by atoms with Crippen LogP contribution in [0.5, 0.6) is 0 Å². The van der Waals surface area contributed by atoms with Crippen molar-refractivity contribution in [3.05, 3.63) is 93.7 Å².